The van der Waals surface area contributed by atoms with Crippen LogP contribution in [-0.2, 0) is 4.79 Å². The number of carbonyl (C=O) groups is 1. The van der Waals surface area contributed by atoms with Gasteiger partial charge in [-0.25, -0.2) is 5.43 Å². The van der Waals surface area contributed by atoms with Crippen molar-refractivity contribution < 1.29 is 13.9 Å². The van der Waals surface area contributed by atoms with E-state index in [1.54, 1.807) is 31.6 Å². The maximum Gasteiger partial charge on any atom is 0.250 e. The van der Waals surface area contributed by atoms with Crippen molar-refractivity contribution in [3.63, 3.8) is 0 Å². The third-order valence-electron chi connectivity index (χ3n) is 4.48. The summed E-state index contributed by atoms with van der Waals surface area (Å²) in [4.78, 5) is 12.2. The lowest BCUT2D eigenvalue weighted by molar-refractivity contribution is -0.118. The summed E-state index contributed by atoms with van der Waals surface area (Å²) in [7, 11) is 1.63. The van der Waals surface area contributed by atoms with Crippen molar-refractivity contribution >= 4 is 30.0 Å². The molecule has 1 amide bonds. The van der Waals surface area contributed by atoms with Gasteiger partial charge in [0.05, 0.1) is 19.1 Å². The summed E-state index contributed by atoms with van der Waals surface area (Å²) in [6.45, 7) is 0. The van der Waals surface area contributed by atoms with Crippen LogP contribution in [0.15, 0.2) is 93.7 Å². The average Bonchev–Trinajstić information content (AvgIpc) is 3.53. The SMILES string of the molecule is COc1ccc(-c2nnc(SCC(=O)N/N=C\C=C/c3ccco3)n2-c2ccccc2)cc1. The maximum atomic E-state index is 12.2. The van der Waals surface area contributed by atoms with E-state index in [9.17, 15) is 4.79 Å². The molecule has 0 bridgehead atoms. The van der Waals surface area contributed by atoms with Crippen LogP contribution in [0.3, 0.4) is 0 Å². The summed E-state index contributed by atoms with van der Waals surface area (Å²) >= 11 is 1.28. The summed E-state index contributed by atoms with van der Waals surface area (Å²) in [5.74, 6) is 2.02. The molecule has 0 radical (unpaired) electrons. The Morgan fingerprint density at radius 3 is 2.67 bits per heavy atom. The van der Waals surface area contributed by atoms with Crippen molar-refractivity contribution in [2.45, 2.75) is 5.16 Å². The third-order valence-corrected chi connectivity index (χ3v) is 5.41. The van der Waals surface area contributed by atoms with Crippen LogP contribution in [-0.4, -0.2) is 39.7 Å². The van der Waals surface area contributed by atoms with E-state index in [2.05, 4.69) is 20.7 Å². The van der Waals surface area contributed by atoms with Crippen LogP contribution < -0.4 is 10.2 Å². The lowest BCUT2D eigenvalue weighted by Crippen LogP contribution is -2.19. The molecule has 0 saturated heterocycles. The van der Waals surface area contributed by atoms with E-state index in [-0.39, 0.29) is 11.7 Å². The number of nitrogens with zero attached hydrogens (tertiary/aromatic N) is 4. The number of allylic oxidation sites excluding steroid dienone is 1. The third kappa shape index (κ3) is 5.78. The first-order valence-electron chi connectivity index (χ1n) is 10.0. The number of aromatic nitrogens is 3. The Balaban J connectivity index is 1.45. The number of ether oxygens (including phenoxy) is 1. The number of carbonyl (C=O) groups excluding carboxylic acids is 1. The Morgan fingerprint density at radius 1 is 1.12 bits per heavy atom. The zero-order valence-corrected chi connectivity index (χ0v) is 18.6. The Hall–Kier alpha value is -4.11. The minimum Gasteiger partial charge on any atom is -0.497 e. The molecule has 0 aliphatic carbocycles. The second kappa shape index (κ2) is 11.0. The first kappa shape index (κ1) is 22.1. The highest BCUT2D eigenvalue weighted by Crippen LogP contribution is 2.28. The van der Waals surface area contributed by atoms with Crippen LogP contribution in [0.5, 0.6) is 5.75 Å². The molecule has 8 nitrogen and oxygen atoms in total. The van der Waals surface area contributed by atoms with Crippen LogP contribution in [0.1, 0.15) is 5.76 Å². The molecular weight excluding hydrogens is 438 g/mol. The van der Waals surface area contributed by atoms with Crippen molar-refractivity contribution in [2.75, 3.05) is 12.9 Å². The van der Waals surface area contributed by atoms with Gasteiger partial charge >= 0.3 is 0 Å². The molecule has 0 fully saturated rings. The monoisotopic (exact) mass is 459 g/mol. The van der Waals surface area contributed by atoms with Gasteiger partial charge in [-0.1, -0.05) is 30.0 Å². The summed E-state index contributed by atoms with van der Waals surface area (Å²) < 4.78 is 12.4. The van der Waals surface area contributed by atoms with E-state index in [1.807, 2.05) is 65.2 Å². The van der Waals surface area contributed by atoms with Crippen molar-refractivity contribution in [3.8, 4) is 22.8 Å². The molecule has 4 rings (SSSR count). The standard InChI is InChI=1S/C24H21N5O3S/c1-31-20-13-11-18(12-14-20)23-27-28-24(29(23)19-7-3-2-4-8-19)33-17-22(30)26-25-15-5-9-21-10-6-16-32-21/h2-16H,17H2,1H3,(H,26,30)/b9-5-,25-15-. The minimum absolute atomic E-state index is 0.132. The van der Waals surface area contributed by atoms with Crippen LogP contribution in [0, 0.1) is 0 Å². The number of hydrogen-bond donors (Lipinski definition) is 1. The van der Waals surface area contributed by atoms with Gasteiger partial charge in [0.1, 0.15) is 11.5 Å². The zero-order valence-electron chi connectivity index (χ0n) is 17.8. The molecule has 166 valence electrons. The molecular formula is C24H21N5O3S. The Bertz CT molecular complexity index is 1230. The van der Waals surface area contributed by atoms with Gasteiger partial charge in [0.25, 0.3) is 5.91 Å². The lowest BCUT2D eigenvalue weighted by atomic mass is 10.2. The fraction of sp³-hybridized carbons (Fsp3) is 0.0833. The quantitative estimate of drug-likeness (QED) is 0.226. The lowest BCUT2D eigenvalue weighted by Gasteiger charge is -2.10. The number of methoxy groups -OCH3 is 1. The van der Waals surface area contributed by atoms with Gasteiger partial charge in [-0.2, -0.15) is 5.10 Å². The molecule has 33 heavy (non-hydrogen) atoms. The molecule has 1 N–H and O–H groups in total. The van der Waals surface area contributed by atoms with Gasteiger partial charge in [-0.05, 0) is 60.7 Å². The number of hydrogen-bond acceptors (Lipinski definition) is 7. The van der Waals surface area contributed by atoms with Crippen molar-refractivity contribution in [2.24, 2.45) is 5.10 Å². The normalized spacial score (nSPS) is 11.3. The van der Waals surface area contributed by atoms with Crippen molar-refractivity contribution in [3.05, 3.63) is 84.8 Å². The number of amides is 1. The summed E-state index contributed by atoms with van der Waals surface area (Å²) in [6, 6.07) is 21.0. The van der Waals surface area contributed by atoms with E-state index in [0.29, 0.717) is 16.7 Å². The van der Waals surface area contributed by atoms with E-state index in [0.717, 1.165) is 17.0 Å². The van der Waals surface area contributed by atoms with Gasteiger partial charge < -0.3 is 9.15 Å². The predicted molar refractivity (Wildman–Crippen MR) is 128 cm³/mol. The molecule has 0 spiro atoms. The molecule has 9 heteroatoms. The summed E-state index contributed by atoms with van der Waals surface area (Å²) in [6.07, 6.45) is 6.50. The highest BCUT2D eigenvalue weighted by molar-refractivity contribution is 7.99. The molecule has 2 aromatic heterocycles. The molecule has 2 aromatic carbocycles. The number of nitrogens with one attached hydrogen (secondary N) is 1. The van der Waals surface area contributed by atoms with E-state index in [4.69, 9.17) is 9.15 Å². The Kier molecular flexibility index (Phi) is 7.34. The molecule has 0 saturated carbocycles. The average molecular weight is 460 g/mol. The topological polar surface area (TPSA) is 94.5 Å². The second-order valence-electron chi connectivity index (χ2n) is 6.68. The number of benzene rings is 2. The van der Waals surface area contributed by atoms with Gasteiger partial charge in [0.2, 0.25) is 0 Å². The number of thioether (sulfide) groups is 1. The minimum atomic E-state index is -0.253. The molecule has 0 unspecified atom stereocenters. The van der Waals surface area contributed by atoms with E-state index < -0.39 is 0 Å². The number of para-hydroxylation sites is 1. The van der Waals surface area contributed by atoms with Gasteiger partial charge in [0.15, 0.2) is 11.0 Å². The smallest absolute Gasteiger partial charge is 0.250 e. The molecule has 4 aromatic rings. The Labute approximate surface area is 195 Å². The Morgan fingerprint density at radius 2 is 1.94 bits per heavy atom. The van der Waals surface area contributed by atoms with Crippen LogP contribution >= 0.6 is 11.8 Å². The molecule has 2 heterocycles. The predicted octanol–water partition coefficient (Wildman–Crippen LogP) is 4.44. The first-order valence-corrected chi connectivity index (χ1v) is 11.0. The highest BCUT2D eigenvalue weighted by atomic mass is 32.2. The van der Waals surface area contributed by atoms with Crippen LogP contribution in [0.25, 0.3) is 23.2 Å². The number of rotatable bonds is 9. The van der Waals surface area contributed by atoms with E-state index in [1.165, 1.54) is 18.0 Å². The van der Waals surface area contributed by atoms with Crippen molar-refractivity contribution in [1.29, 1.82) is 0 Å². The van der Waals surface area contributed by atoms with Gasteiger partial charge in [-0.3, -0.25) is 9.36 Å². The molecule has 0 aliphatic rings. The zero-order chi connectivity index (χ0) is 22.9. The fourth-order valence-corrected chi connectivity index (χ4v) is 3.68. The molecule has 0 atom stereocenters. The van der Waals surface area contributed by atoms with Crippen molar-refractivity contribution in [1.82, 2.24) is 20.2 Å². The summed E-state index contributed by atoms with van der Waals surface area (Å²) in [5.41, 5.74) is 4.29. The van der Waals surface area contributed by atoms with Crippen LogP contribution in [0.4, 0.5) is 0 Å². The number of furan rings is 1. The highest BCUT2D eigenvalue weighted by Gasteiger charge is 2.17. The largest absolute Gasteiger partial charge is 0.497 e. The van der Waals surface area contributed by atoms with E-state index >= 15 is 0 Å². The van der Waals surface area contributed by atoms with Crippen LogP contribution in [0.2, 0.25) is 0 Å². The maximum absolute atomic E-state index is 12.2. The number of hydrazone groups is 1. The molecule has 0 aliphatic heterocycles. The first-order chi connectivity index (χ1) is 16.2. The van der Waals surface area contributed by atoms with Gasteiger partial charge in [0, 0.05) is 17.5 Å². The second-order valence-corrected chi connectivity index (χ2v) is 7.62. The van der Waals surface area contributed by atoms with Gasteiger partial charge in [-0.15, -0.1) is 10.2 Å². The fourth-order valence-electron chi connectivity index (χ4n) is 2.94. The summed E-state index contributed by atoms with van der Waals surface area (Å²) in [5, 5.41) is 13.2.